The molecule has 0 saturated heterocycles. The largest absolute Gasteiger partial charge is 0.484 e. The van der Waals surface area contributed by atoms with Gasteiger partial charge in [0.1, 0.15) is 5.75 Å². The fraction of sp³-hybridized carbons (Fsp3) is 0.286. The Labute approximate surface area is 167 Å². The number of fused-ring (bicyclic) bond motifs is 1. The zero-order valence-corrected chi connectivity index (χ0v) is 16.0. The molecule has 0 radical (unpaired) electrons. The van der Waals surface area contributed by atoms with E-state index in [4.69, 9.17) is 4.74 Å². The van der Waals surface area contributed by atoms with Crippen molar-refractivity contribution in [1.29, 1.82) is 0 Å². The second-order valence-corrected chi connectivity index (χ2v) is 6.51. The molecule has 0 aliphatic heterocycles. The predicted octanol–water partition coefficient (Wildman–Crippen LogP) is 4.02. The lowest BCUT2D eigenvalue weighted by molar-refractivity contribution is -0.153. The first-order valence-electron chi connectivity index (χ1n) is 9.22. The Balaban J connectivity index is 1.44. The molecule has 0 amide bonds. The molecule has 8 heteroatoms. The minimum Gasteiger partial charge on any atom is -0.484 e. The maximum Gasteiger partial charge on any atom is 0.422 e. The lowest BCUT2D eigenvalue weighted by Gasteiger charge is -2.13. The molecule has 0 aliphatic carbocycles. The smallest absolute Gasteiger partial charge is 0.422 e. The van der Waals surface area contributed by atoms with Gasteiger partial charge in [-0.1, -0.05) is 30.3 Å². The summed E-state index contributed by atoms with van der Waals surface area (Å²) in [4.78, 5) is 7.46. The van der Waals surface area contributed by atoms with E-state index in [1.165, 1.54) is 23.1 Å². The Hall–Kier alpha value is -3.16. The van der Waals surface area contributed by atoms with Gasteiger partial charge >= 0.3 is 6.18 Å². The molecule has 0 fully saturated rings. The van der Waals surface area contributed by atoms with Crippen LogP contribution in [0.4, 0.5) is 13.2 Å². The molecule has 0 saturated carbocycles. The number of nitrogens with zero attached hydrogens (tertiary/aromatic N) is 1. The number of H-pyrrole nitrogens is 1. The summed E-state index contributed by atoms with van der Waals surface area (Å²) in [7, 11) is 1.69. The van der Waals surface area contributed by atoms with Gasteiger partial charge < -0.3 is 20.4 Å². The summed E-state index contributed by atoms with van der Waals surface area (Å²) in [6.45, 7) is -0.0877. The topological polar surface area (TPSA) is 61.4 Å². The van der Waals surface area contributed by atoms with E-state index in [2.05, 4.69) is 26.7 Å². The van der Waals surface area contributed by atoms with E-state index in [1.807, 2.05) is 24.4 Å². The summed E-state index contributed by atoms with van der Waals surface area (Å²) in [5, 5.41) is 7.67. The van der Waals surface area contributed by atoms with Crippen LogP contribution in [0.25, 0.3) is 10.9 Å². The first-order chi connectivity index (χ1) is 13.9. The molecular formula is C21H23F3N4O. The van der Waals surface area contributed by atoms with Gasteiger partial charge in [0.25, 0.3) is 0 Å². The summed E-state index contributed by atoms with van der Waals surface area (Å²) in [5.74, 6) is 0.842. The minimum atomic E-state index is -4.34. The number of aliphatic imine (C=N–C) groups is 1. The number of guanidine groups is 1. The molecule has 3 rings (SSSR count). The highest BCUT2D eigenvalue weighted by atomic mass is 19.4. The fourth-order valence-electron chi connectivity index (χ4n) is 2.93. The molecule has 3 aromatic rings. The average molecular weight is 404 g/mol. The summed E-state index contributed by atoms with van der Waals surface area (Å²) in [6, 6.07) is 14.7. The number of aromatic nitrogens is 1. The number of alkyl halides is 3. The Bertz CT molecular complexity index is 948. The molecule has 0 bridgehead atoms. The molecule has 0 aliphatic rings. The van der Waals surface area contributed by atoms with Gasteiger partial charge in [-0.15, -0.1) is 0 Å². The van der Waals surface area contributed by atoms with E-state index in [0.29, 0.717) is 19.0 Å². The number of ether oxygens (including phenoxy) is 1. The first kappa shape index (κ1) is 20.6. The molecule has 0 unspecified atom stereocenters. The van der Waals surface area contributed by atoms with E-state index in [9.17, 15) is 13.2 Å². The third-order valence-electron chi connectivity index (χ3n) is 4.37. The summed E-state index contributed by atoms with van der Waals surface area (Å²) < 4.78 is 41.2. The van der Waals surface area contributed by atoms with Crippen LogP contribution in [0, 0.1) is 0 Å². The predicted molar refractivity (Wildman–Crippen MR) is 108 cm³/mol. The zero-order valence-electron chi connectivity index (χ0n) is 16.0. The van der Waals surface area contributed by atoms with Crippen LogP contribution in [0.3, 0.4) is 0 Å². The maximum atomic E-state index is 12.2. The third-order valence-corrected chi connectivity index (χ3v) is 4.37. The van der Waals surface area contributed by atoms with Crippen LogP contribution in [0.15, 0.2) is 59.7 Å². The van der Waals surface area contributed by atoms with Crippen molar-refractivity contribution in [3.63, 3.8) is 0 Å². The van der Waals surface area contributed by atoms with Gasteiger partial charge in [-0.05, 0) is 35.7 Å². The van der Waals surface area contributed by atoms with Gasteiger partial charge in [-0.25, -0.2) is 0 Å². The van der Waals surface area contributed by atoms with Crippen molar-refractivity contribution in [3.8, 4) is 5.75 Å². The number of hydrogen-bond acceptors (Lipinski definition) is 2. The normalized spacial score (nSPS) is 12.2. The second kappa shape index (κ2) is 9.36. The number of rotatable bonds is 7. The van der Waals surface area contributed by atoms with Gasteiger partial charge in [0.05, 0.1) is 0 Å². The van der Waals surface area contributed by atoms with Gasteiger partial charge in [-0.2, -0.15) is 13.2 Å². The summed E-state index contributed by atoms with van der Waals surface area (Å²) >= 11 is 0. The highest BCUT2D eigenvalue weighted by molar-refractivity contribution is 5.83. The number of nitrogens with one attached hydrogen (secondary N) is 3. The van der Waals surface area contributed by atoms with Gasteiger partial charge in [0.15, 0.2) is 12.6 Å². The zero-order chi connectivity index (χ0) is 20.7. The van der Waals surface area contributed by atoms with E-state index >= 15 is 0 Å². The third kappa shape index (κ3) is 6.17. The molecule has 2 aromatic carbocycles. The van der Waals surface area contributed by atoms with E-state index < -0.39 is 12.8 Å². The molecule has 1 heterocycles. The van der Waals surface area contributed by atoms with Crippen molar-refractivity contribution in [2.24, 2.45) is 4.99 Å². The molecule has 1 aromatic heterocycles. The summed E-state index contributed by atoms with van der Waals surface area (Å²) in [6.07, 6.45) is -1.48. The van der Waals surface area contributed by atoms with Crippen LogP contribution in [0.2, 0.25) is 0 Å². The highest BCUT2D eigenvalue weighted by Crippen LogP contribution is 2.19. The number of benzene rings is 2. The van der Waals surface area contributed by atoms with E-state index in [-0.39, 0.29) is 5.75 Å². The van der Waals surface area contributed by atoms with Crippen LogP contribution >= 0.6 is 0 Å². The Morgan fingerprint density at radius 3 is 2.55 bits per heavy atom. The van der Waals surface area contributed by atoms with E-state index in [1.54, 1.807) is 19.2 Å². The summed E-state index contributed by atoms with van der Waals surface area (Å²) in [5.41, 5.74) is 3.26. The molecule has 0 spiro atoms. The van der Waals surface area contributed by atoms with Crippen molar-refractivity contribution in [3.05, 3.63) is 65.9 Å². The number of hydrogen-bond donors (Lipinski definition) is 3. The molecule has 0 atom stereocenters. The van der Waals surface area contributed by atoms with Crippen molar-refractivity contribution in [2.75, 3.05) is 20.2 Å². The number of halogens is 3. The Morgan fingerprint density at radius 2 is 1.83 bits per heavy atom. The van der Waals surface area contributed by atoms with Crippen molar-refractivity contribution in [2.45, 2.75) is 19.1 Å². The molecule has 29 heavy (non-hydrogen) atoms. The number of aromatic amines is 1. The minimum absolute atomic E-state index is 0.187. The quantitative estimate of drug-likeness (QED) is 0.412. The van der Waals surface area contributed by atoms with Crippen LogP contribution in [0.1, 0.15) is 11.1 Å². The average Bonchev–Trinajstić information content (AvgIpc) is 3.12. The molecule has 3 N–H and O–H groups in total. The Kier molecular flexibility index (Phi) is 6.64. The Morgan fingerprint density at radius 1 is 1.07 bits per heavy atom. The van der Waals surface area contributed by atoms with Crippen LogP contribution in [-0.2, 0) is 13.0 Å². The fourth-order valence-corrected chi connectivity index (χ4v) is 2.93. The van der Waals surface area contributed by atoms with Crippen molar-refractivity contribution >= 4 is 16.9 Å². The van der Waals surface area contributed by atoms with E-state index in [0.717, 1.165) is 17.5 Å². The van der Waals surface area contributed by atoms with Crippen LogP contribution < -0.4 is 15.4 Å². The SMILES string of the molecule is CN=C(NCCc1c[nH]c2ccccc12)NCc1ccc(OCC(F)(F)F)cc1. The second-order valence-electron chi connectivity index (χ2n) is 6.51. The molecular weight excluding hydrogens is 381 g/mol. The van der Waals surface area contributed by atoms with Gasteiger partial charge in [0, 0.05) is 37.2 Å². The highest BCUT2D eigenvalue weighted by Gasteiger charge is 2.28. The first-order valence-corrected chi connectivity index (χ1v) is 9.22. The van der Waals surface area contributed by atoms with Crippen molar-refractivity contribution in [1.82, 2.24) is 15.6 Å². The number of para-hydroxylation sites is 1. The lowest BCUT2D eigenvalue weighted by Crippen LogP contribution is -2.37. The standard InChI is InChI=1S/C21H23F3N4O/c1-25-20(26-11-10-16-13-27-19-5-3-2-4-18(16)19)28-12-15-6-8-17(9-7-15)29-14-21(22,23)24/h2-9,13,27H,10-12,14H2,1H3,(H2,25,26,28). The monoisotopic (exact) mass is 404 g/mol. The maximum absolute atomic E-state index is 12.2. The van der Waals surface area contributed by atoms with Crippen LogP contribution in [-0.4, -0.2) is 37.3 Å². The van der Waals surface area contributed by atoms with Crippen LogP contribution in [0.5, 0.6) is 5.75 Å². The van der Waals surface area contributed by atoms with Gasteiger partial charge in [-0.3, -0.25) is 4.99 Å². The lowest BCUT2D eigenvalue weighted by atomic mass is 10.1. The van der Waals surface area contributed by atoms with Crippen molar-refractivity contribution < 1.29 is 17.9 Å². The molecule has 5 nitrogen and oxygen atoms in total. The van der Waals surface area contributed by atoms with Gasteiger partial charge in [0.2, 0.25) is 0 Å². The molecule has 154 valence electrons.